The Balaban J connectivity index is 0.765. The fraction of sp³-hybridized carbons (Fsp3) is 0. The topological polar surface area (TPSA) is 140 Å². The fourth-order valence-corrected chi connectivity index (χ4v) is 17.7. The summed E-state index contributed by atoms with van der Waals surface area (Å²) >= 11 is 0. The maximum atomic E-state index is 5.93. The molecule has 0 N–H and O–H groups in total. The molecular formula is C110H70BN13. The second-order valence-electron chi connectivity index (χ2n) is 31.0. The fourth-order valence-electron chi connectivity index (χ4n) is 17.7. The molecule has 578 valence electrons. The molecule has 0 saturated carbocycles. The van der Waals surface area contributed by atoms with Gasteiger partial charge in [0.15, 0.2) is 46.6 Å². The molecule has 2 aliphatic heterocycles. The number of para-hydroxylation sites is 4. The van der Waals surface area contributed by atoms with Crippen molar-refractivity contribution in [3.05, 3.63) is 425 Å². The van der Waals surface area contributed by atoms with Crippen LogP contribution in [0.15, 0.2) is 425 Å². The lowest BCUT2D eigenvalue weighted by molar-refractivity contribution is 1.07. The van der Waals surface area contributed by atoms with Crippen molar-refractivity contribution in [3.63, 3.8) is 0 Å². The van der Waals surface area contributed by atoms with E-state index in [2.05, 4.69) is 275 Å². The standard InChI is InChI=1S/C110H70BN13/c1-10-33-71(34-11-1)91-69-94(113-103(112-91)73-37-14-3-15-38-73)80-57-60-97(124-95-61-58-81(108-118-104(74-39-16-4-17-40-74)116-105(119-108)75-41-18-5-19-42-75)65-86(95)87-66-82(59-62-96(87)124)109-120-106(76-43-20-6-21-44-76)117-107(121-109)77-45-22-7-23-46-77)88(64-80)110-114-92(72-35-12-2-13-36-72)70-93(115-110)79-48-32-47-78(63-79)83-67-100-102-101(68-83)123(85-51-26-9-27-52-85)99-56-31-29-54-90(99)111(102)89-53-28-30-55-98(89)122(100)84-49-24-8-25-50-84/h1-70H. The first kappa shape index (κ1) is 72.4. The van der Waals surface area contributed by atoms with Crippen molar-refractivity contribution < 1.29 is 0 Å². The van der Waals surface area contributed by atoms with E-state index in [1.807, 2.05) is 164 Å². The highest BCUT2D eigenvalue weighted by molar-refractivity contribution is 7.00. The molecule has 0 fully saturated rings. The molecule has 0 bridgehead atoms. The number of anilines is 6. The summed E-state index contributed by atoms with van der Waals surface area (Å²) < 4.78 is 2.35. The first-order valence-electron chi connectivity index (χ1n) is 41.5. The molecule has 7 heterocycles. The molecular weight excluding hydrogens is 1510 g/mol. The van der Waals surface area contributed by atoms with E-state index in [0.717, 1.165) is 157 Å². The van der Waals surface area contributed by atoms with Crippen LogP contribution in [0.4, 0.5) is 34.1 Å². The van der Waals surface area contributed by atoms with Crippen LogP contribution in [0.25, 0.3) is 175 Å². The van der Waals surface area contributed by atoms with Gasteiger partial charge in [-0.15, -0.1) is 0 Å². The van der Waals surface area contributed by atoms with Crippen LogP contribution in [0.5, 0.6) is 0 Å². The van der Waals surface area contributed by atoms with Crippen LogP contribution in [-0.4, -0.2) is 61.1 Å². The first-order valence-corrected chi connectivity index (χ1v) is 41.5. The first-order chi connectivity index (χ1) is 61.4. The minimum atomic E-state index is -0.0475. The normalized spacial score (nSPS) is 12.0. The van der Waals surface area contributed by atoms with Crippen molar-refractivity contribution in [2.24, 2.45) is 0 Å². The summed E-state index contributed by atoms with van der Waals surface area (Å²) in [4.78, 5) is 58.9. The minimum Gasteiger partial charge on any atom is -0.311 e. The Labute approximate surface area is 716 Å². The van der Waals surface area contributed by atoms with E-state index in [1.165, 1.54) is 16.4 Å². The molecule has 0 amide bonds. The van der Waals surface area contributed by atoms with Crippen molar-refractivity contribution in [1.29, 1.82) is 0 Å². The van der Waals surface area contributed by atoms with Gasteiger partial charge in [0.2, 0.25) is 0 Å². The van der Waals surface area contributed by atoms with Crippen molar-refractivity contribution in [2.75, 3.05) is 9.80 Å². The molecule has 0 saturated heterocycles. The van der Waals surface area contributed by atoms with E-state index in [-0.39, 0.29) is 6.71 Å². The Morgan fingerprint density at radius 3 is 0.887 bits per heavy atom. The highest BCUT2D eigenvalue weighted by Crippen LogP contribution is 2.48. The third-order valence-corrected chi connectivity index (χ3v) is 23.5. The van der Waals surface area contributed by atoms with Gasteiger partial charge in [0.25, 0.3) is 6.71 Å². The number of fused-ring (bicyclic) bond motifs is 7. The monoisotopic (exact) mass is 1580 g/mol. The molecule has 0 unspecified atom stereocenters. The Kier molecular flexibility index (Phi) is 18.0. The summed E-state index contributed by atoms with van der Waals surface area (Å²) in [6, 6.07) is 148. The van der Waals surface area contributed by atoms with Gasteiger partial charge >= 0.3 is 0 Å². The predicted octanol–water partition coefficient (Wildman–Crippen LogP) is 24.5. The molecule has 13 nitrogen and oxygen atoms in total. The maximum absolute atomic E-state index is 5.93. The maximum Gasteiger partial charge on any atom is 0.252 e. The van der Waals surface area contributed by atoms with Gasteiger partial charge in [0.1, 0.15) is 0 Å². The molecule has 23 rings (SSSR count). The van der Waals surface area contributed by atoms with Crippen LogP contribution in [0.1, 0.15) is 0 Å². The zero-order chi connectivity index (χ0) is 82.0. The van der Waals surface area contributed by atoms with E-state index in [9.17, 15) is 0 Å². The van der Waals surface area contributed by atoms with Gasteiger partial charge in [0.05, 0.1) is 39.5 Å². The molecule has 5 aromatic heterocycles. The highest BCUT2D eigenvalue weighted by atomic mass is 15.2. The van der Waals surface area contributed by atoms with Crippen LogP contribution >= 0.6 is 0 Å². The molecule has 21 aromatic rings. The molecule has 14 heteroatoms. The molecule has 0 radical (unpaired) electrons. The Hall–Kier alpha value is -16.8. The van der Waals surface area contributed by atoms with Crippen LogP contribution < -0.4 is 26.2 Å². The van der Waals surface area contributed by atoms with E-state index >= 15 is 0 Å². The van der Waals surface area contributed by atoms with Crippen molar-refractivity contribution in [2.45, 2.75) is 0 Å². The van der Waals surface area contributed by atoms with Gasteiger partial charge in [-0.05, 0) is 143 Å². The van der Waals surface area contributed by atoms with Crippen molar-refractivity contribution in [3.8, 4) is 153 Å². The van der Waals surface area contributed by atoms with Gasteiger partial charge < -0.3 is 14.4 Å². The molecule has 0 aliphatic carbocycles. The highest BCUT2D eigenvalue weighted by Gasteiger charge is 2.44. The number of hydrogen-bond acceptors (Lipinski definition) is 12. The van der Waals surface area contributed by atoms with Crippen LogP contribution in [0, 0.1) is 0 Å². The third kappa shape index (κ3) is 13.2. The largest absolute Gasteiger partial charge is 0.311 e. The average molecular weight is 1580 g/mol. The van der Waals surface area contributed by atoms with E-state index in [0.29, 0.717) is 52.3 Å². The Morgan fingerprint density at radius 1 is 0.177 bits per heavy atom. The van der Waals surface area contributed by atoms with Crippen LogP contribution in [0.2, 0.25) is 0 Å². The number of aromatic nitrogens is 11. The number of hydrogen-bond donors (Lipinski definition) is 0. The van der Waals surface area contributed by atoms with E-state index < -0.39 is 0 Å². The summed E-state index contributed by atoms with van der Waals surface area (Å²) in [7, 11) is 0. The quantitative estimate of drug-likeness (QED) is 0.0851. The summed E-state index contributed by atoms with van der Waals surface area (Å²) in [6.07, 6.45) is 0. The van der Waals surface area contributed by atoms with Gasteiger partial charge in [-0.2, -0.15) is 0 Å². The molecule has 0 spiro atoms. The number of rotatable bonds is 16. The SMILES string of the molecule is c1ccc(-c2cc(-c3ccc(-n4c5ccc(-c6nc(-c7ccccc7)nc(-c7ccccc7)n6)cc5c5cc(-c6nc(-c7ccccc7)nc(-c7ccccc7)n6)ccc54)c(-c4nc(-c5ccccc5)cc(-c5cccc(-c6cc7c8c(c6)N(c6ccccc6)c6ccccc6B8c6ccccc6N7c6ccccc6)c5)n4)c3)nc(-c3ccccc3)n2)cc1. The third-order valence-electron chi connectivity index (χ3n) is 23.5. The Bertz CT molecular complexity index is 7190. The second-order valence-corrected chi connectivity index (χ2v) is 31.0. The summed E-state index contributed by atoms with van der Waals surface area (Å²) in [5, 5.41) is 1.83. The van der Waals surface area contributed by atoms with Gasteiger partial charge in [0, 0.05) is 112 Å². The zero-order valence-electron chi connectivity index (χ0n) is 66.8. The predicted molar refractivity (Wildman–Crippen MR) is 503 cm³/mol. The van der Waals surface area contributed by atoms with E-state index in [4.69, 9.17) is 49.8 Å². The smallest absolute Gasteiger partial charge is 0.252 e. The molecule has 16 aromatic carbocycles. The van der Waals surface area contributed by atoms with E-state index in [1.54, 1.807) is 0 Å². The van der Waals surface area contributed by atoms with Gasteiger partial charge in [-0.25, -0.2) is 49.8 Å². The molecule has 2 aliphatic rings. The Morgan fingerprint density at radius 2 is 0.484 bits per heavy atom. The lowest BCUT2D eigenvalue weighted by Gasteiger charge is -2.44. The lowest BCUT2D eigenvalue weighted by atomic mass is 9.33. The van der Waals surface area contributed by atoms with Crippen LogP contribution in [-0.2, 0) is 0 Å². The van der Waals surface area contributed by atoms with Crippen molar-refractivity contribution >= 4 is 79.0 Å². The molecule has 0 atom stereocenters. The summed E-state index contributed by atoms with van der Waals surface area (Å²) in [5.74, 6) is 4.33. The van der Waals surface area contributed by atoms with Gasteiger partial charge in [-0.1, -0.05) is 309 Å². The molecule has 124 heavy (non-hydrogen) atoms. The van der Waals surface area contributed by atoms with Crippen LogP contribution in [0.3, 0.4) is 0 Å². The van der Waals surface area contributed by atoms with Crippen molar-refractivity contribution in [1.82, 2.24) is 54.4 Å². The average Bonchev–Trinajstić information content (AvgIpc) is 0.889. The lowest BCUT2D eigenvalue weighted by Crippen LogP contribution is -2.61. The number of benzene rings is 16. The second kappa shape index (κ2) is 30.8. The summed E-state index contributed by atoms with van der Waals surface area (Å²) in [6.45, 7) is -0.0475. The van der Waals surface area contributed by atoms with Gasteiger partial charge in [-0.3, -0.25) is 0 Å². The number of nitrogens with zero attached hydrogens (tertiary/aromatic N) is 13. The summed E-state index contributed by atoms with van der Waals surface area (Å²) in [5.41, 5.74) is 28.3. The zero-order valence-corrected chi connectivity index (χ0v) is 66.8. The minimum absolute atomic E-state index is 0.0475.